The Morgan fingerprint density at radius 3 is 2.78 bits per heavy atom. The number of nitrogens with zero attached hydrogens (tertiary/aromatic N) is 2. The van der Waals surface area contributed by atoms with Gasteiger partial charge in [0, 0.05) is 29.9 Å². The molecule has 1 saturated heterocycles. The van der Waals surface area contributed by atoms with Crippen molar-refractivity contribution in [3.63, 3.8) is 0 Å². The second-order valence-corrected chi connectivity index (χ2v) is 9.35. The molecule has 1 amide bonds. The average molecular weight is 405 g/mol. The lowest BCUT2D eigenvalue weighted by Crippen LogP contribution is -2.48. The second-order valence-electron chi connectivity index (χ2n) is 7.68. The lowest BCUT2D eigenvalue weighted by Gasteiger charge is -2.47. The van der Waals surface area contributed by atoms with E-state index in [1.165, 1.54) is 16.7 Å². The van der Waals surface area contributed by atoms with E-state index in [2.05, 4.69) is 39.2 Å². The van der Waals surface area contributed by atoms with Gasteiger partial charge in [0.25, 0.3) is 5.91 Å². The third-order valence-electron chi connectivity index (χ3n) is 5.29. The first-order valence-corrected chi connectivity index (χ1v) is 10.4. The van der Waals surface area contributed by atoms with Crippen LogP contribution in [0.4, 0.5) is 10.1 Å². The smallest absolute Gasteiger partial charge is 0.266 e. The van der Waals surface area contributed by atoms with Crippen molar-refractivity contribution in [1.82, 2.24) is 4.90 Å². The molecule has 2 heterocycles. The normalized spacial score (nSPS) is 23.1. The van der Waals surface area contributed by atoms with Gasteiger partial charge in [0.05, 0.1) is 4.91 Å². The molecule has 6 heteroatoms. The van der Waals surface area contributed by atoms with Gasteiger partial charge in [0.2, 0.25) is 0 Å². The fourth-order valence-corrected chi connectivity index (χ4v) is 5.42. The average Bonchev–Trinajstić information content (AvgIpc) is 2.84. The highest BCUT2D eigenvalue weighted by Crippen LogP contribution is 2.44. The van der Waals surface area contributed by atoms with Gasteiger partial charge >= 0.3 is 0 Å². The van der Waals surface area contributed by atoms with E-state index < -0.39 is 0 Å². The number of halogens is 1. The van der Waals surface area contributed by atoms with E-state index in [-0.39, 0.29) is 17.3 Å². The topological polar surface area (TPSA) is 23.6 Å². The SMILES string of the molecule is C=CCN1C(=O)/C(=C\c2cc3c(cc2F)N(CC)C(C)(C)CC3C)SC1=S. The van der Waals surface area contributed by atoms with Crippen LogP contribution in [-0.4, -0.2) is 33.8 Å². The summed E-state index contributed by atoms with van der Waals surface area (Å²) in [5.74, 6) is -0.182. The number of fused-ring (bicyclic) bond motifs is 1. The second kappa shape index (κ2) is 7.40. The number of thioether (sulfide) groups is 1. The molecule has 3 rings (SSSR count). The molecule has 3 nitrogen and oxygen atoms in total. The van der Waals surface area contributed by atoms with Gasteiger partial charge in [-0.15, -0.1) is 6.58 Å². The highest BCUT2D eigenvalue weighted by molar-refractivity contribution is 8.26. The van der Waals surface area contributed by atoms with Gasteiger partial charge in [0.1, 0.15) is 10.1 Å². The van der Waals surface area contributed by atoms with E-state index >= 15 is 0 Å². The van der Waals surface area contributed by atoms with Crippen LogP contribution in [0.5, 0.6) is 0 Å². The Kier molecular flexibility index (Phi) is 5.50. The van der Waals surface area contributed by atoms with E-state index in [9.17, 15) is 9.18 Å². The van der Waals surface area contributed by atoms with Crippen LogP contribution in [0.25, 0.3) is 6.08 Å². The third-order valence-corrected chi connectivity index (χ3v) is 6.67. The summed E-state index contributed by atoms with van der Waals surface area (Å²) in [5.41, 5.74) is 2.51. The highest BCUT2D eigenvalue weighted by atomic mass is 32.2. The number of rotatable bonds is 4. The minimum absolute atomic E-state index is 0.0117. The van der Waals surface area contributed by atoms with E-state index in [1.807, 2.05) is 6.07 Å². The molecule has 0 aliphatic carbocycles. The fourth-order valence-electron chi connectivity index (χ4n) is 4.16. The predicted octanol–water partition coefficient (Wildman–Crippen LogP) is 5.33. The summed E-state index contributed by atoms with van der Waals surface area (Å²) in [6.07, 6.45) is 4.26. The molecule has 1 aromatic carbocycles. The Balaban J connectivity index is 2.03. The van der Waals surface area contributed by atoms with E-state index in [1.54, 1.807) is 18.2 Å². The van der Waals surface area contributed by atoms with Crippen molar-refractivity contribution < 1.29 is 9.18 Å². The quantitative estimate of drug-likeness (QED) is 0.385. The van der Waals surface area contributed by atoms with Gasteiger partial charge in [-0.05, 0) is 56.9 Å². The molecule has 0 aromatic heterocycles. The maximum absolute atomic E-state index is 14.9. The summed E-state index contributed by atoms with van der Waals surface area (Å²) in [5, 5.41) is 0. The van der Waals surface area contributed by atoms with E-state index in [0.717, 1.165) is 24.2 Å². The number of carbonyl (C=O) groups excluding carboxylic acids is 1. The predicted molar refractivity (Wildman–Crippen MR) is 117 cm³/mol. The summed E-state index contributed by atoms with van der Waals surface area (Å²) in [6, 6.07) is 3.51. The fraction of sp³-hybridized carbons (Fsp3) is 0.429. The minimum Gasteiger partial charge on any atom is -0.366 e. The maximum Gasteiger partial charge on any atom is 0.266 e. The maximum atomic E-state index is 14.9. The van der Waals surface area contributed by atoms with Crippen LogP contribution in [0.15, 0.2) is 29.7 Å². The Labute approximate surface area is 170 Å². The molecular formula is C21H25FN2OS2. The summed E-state index contributed by atoms with van der Waals surface area (Å²) in [4.78, 5) is 16.7. The van der Waals surface area contributed by atoms with Crippen molar-refractivity contribution in [2.75, 3.05) is 18.0 Å². The molecule has 0 saturated carbocycles. The standard InChI is InChI=1S/C21H25FN2OS2/c1-6-8-23-19(25)18(27-20(23)26)10-14-9-15-13(3)12-21(4,5)24(7-2)17(15)11-16(14)22/h6,9-11,13H,1,7-8,12H2,2-5H3/b18-10+. The van der Waals surface area contributed by atoms with Gasteiger partial charge in [0.15, 0.2) is 0 Å². The number of thiocarbonyl (C=S) groups is 1. The molecule has 1 unspecified atom stereocenters. The van der Waals surface area contributed by atoms with Crippen molar-refractivity contribution >= 4 is 46.0 Å². The van der Waals surface area contributed by atoms with Crippen LogP contribution in [0.3, 0.4) is 0 Å². The molecule has 144 valence electrons. The number of amides is 1. The van der Waals surface area contributed by atoms with Crippen LogP contribution >= 0.6 is 24.0 Å². The van der Waals surface area contributed by atoms with Crippen molar-refractivity contribution in [2.45, 2.75) is 45.6 Å². The lowest BCUT2D eigenvalue weighted by molar-refractivity contribution is -0.121. The molecule has 27 heavy (non-hydrogen) atoms. The molecule has 1 aromatic rings. The van der Waals surface area contributed by atoms with E-state index in [4.69, 9.17) is 12.2 Å². The minimum atomic E-state index is -0.314. The molecule has 0 bridgehead atoms. The summed E-state index contributed by atoms with van der Waals surface area (Å²) in [6.45, 7) is 13.5. The van der Waals surface area contributed by atoms with Gasteiger partial charge in [-0.3, -0.25) is 9.69 Å². The largest absolute Gasteiger partial charge is 0.366 e. The van der Waals surface area contributed by atoms with Crippen LogP contribution in [0.1, 0.15) is 51.2 Å². The Morgan fingerprint density at radius 2 is 2.15 bits per heavy atom. The zero-order valence-electron chi connectivity index (χ0n) is 16.2. The van der Waals surface area contributed by atoms with Crippen LogP contribution < -0.4 is 4.90 Å². The number of hydrogen-bond donors (Lipinski definition) is 0. The zero-order valence-corrected chi connectivity index (χ0v) is 17.8. The van der Waals surface area contributed by atoms with E-state index in [0.29, 0.717) is 27.3 Å². The van der Waals surface area contributed by atoms with Gasteiger partial charge < -0.3 is 4.90 Å². The molecule has 2 aliphatic heterocycles. The van der Waals surface area contributed by atoms with Crippen LogP contribution in [0, 0.1) is 5.82 Å². The molecule has 0 radical (unpaired) electrons. The molecule has 1 fully saturated rings. The van der Waals surface area contributed by atoms with Gasteiger partial charge in [-0.25, -0.2) is 4.39 Å². The van der Waals surface area contributed by atoms with Crippen LogP contribution in [0.2, 0.25) is 0 Å². The molecule has 0 N–H and O–H groups in total. The monoisotopic (exact) mass is 404 g/mol. The number of benzene rings is 1. The number of hydrogen-bond acceptors (Lipinski definition) is 4. The van der Waals surface area contributed by atoms with Gasteiger partial charge in [-0.1, -0.05) is 37.0 Å². The molecule has 2 aliphatic rings. The third kappa shape index (κ3) is 3.57. The molecule has 0 spiro atoms. The summed E-state index contributed by atoms with van der Waals surface area (Å²) in [7, 11) is 0. The first-order chi connectivity index (χ1) is 12.7. The first-order valence-electron chi connectivity index (χ1n) is 9.17. The summed E-state index contributed by atoms with van der Waals surface area (Å²) < 4.78 is 15.4. The molecular weight excluding hydrogens is 379 g/mol. The highest BCUT2D eigenvalue weighted by Gasteiger charge is 2.36. The Hall–Kier alpha value is -1.66. The van der Waals surface area contributed by atoms with Crippen molar-refractivity contribution in [2.24, 2.45) is 0 Å². The Bertz CT molecular complexity index is 847. The van der Waals surface area contributed by atoms with Crippen LogP contribution in [-0.2, 0) is 4.79 Å². The Morgan fingerprint density at radius 1 is 1.44 bits per heavy atom. The summed E-state index contributed by atoms with van der Waals surface area (Å²) >= 11 is 6.47. The van der Waals surface area contributed by atoms with Crippen molar-refractivity contribution in [1.29, 1.82) is 0 Å². The zero-order chi connectivity index (χ0) is 19.9. The number of anilines is 1. The van der Waals surface area contributed by atoms with Crippen molar-refractivity contribution in [3.8, 4) is 0 Å². The van der Waals surface area contributed by atoms with Crippen molar-refractivity contribution in [3.05, 3.63) is 46.6 Å². The lowest BCUT2D eigenvalue weighted by atomic mass is 9.79. The molecule has 1 atom stereocenters. The first kappa shape index (κ1) is 20.1. The van der Waals surface area contributed by atoms with Gasteiger partial charge in [-0.2, -0.15) is 0 Å². The number of carbonyl (C=O) groups is 1.